The van der Waals surface area contributed by atoms with Crippen LogP contribution in [0.15, 0.2) is 51.9 Å². The molecule has 4 rings (SSSR count). The first-order chi connectivity index (χ1) is 14.6. The molecule has 1 atom stereocenters. The van der Waals surface area contributed by atoms with Crippen molar-refractivity contribution in [2.75, 3.05) is 21.0 Å². The van der Waals surface area contributed by atoms with Gasteiger partial charge in [-0.3, -0.25) is 0 Å². The lowest BCUT2D eigenvalue weighted by Gasteiger charge is -2.35. The van der Waals surface area contributed by atoms with Crippen molar-refractivity contribution in [1.82, 2.24) is 15.0 Å². The fraction of sp³-hybridized carbons (Fsp3) is 0.391. The van der Waals surface area contributed by atoms with Gasteiger partial charge in [0.15, 0.2) is 0 Å². The van der Waals surface area contributed by atoms with E-state index in [1.165, 1.54) is 10.5 Å². The number of nitrogens with zero attached hydrogens (tertiary/aromatic N) is 3. The third-order valence-corrected chi connectivity index (χ3v) is 6.56. The fourth-order valence-corrected chi connectivity index (χ4v) is 5.20. The molecule has 1 saturated carbocycles. The van der Waals surface area contributed by atoms with Crippen molar-refractivity contribution < 1.29 is 13.7 Å². The minimum Gasteiger partial charge on any atom is -0.463 e. The van der Waals surface area contributed by atoms with Gasteiger partial charge in [-0.2, -0.15) is 4.98 Å². The van der Waals surface area contributed by atoms with E-state index in [-0.39, 0.29) is 0 Å². The highest BCUT2D eigenvalue weighted by Gasteiger charge is 2.28. The smallest absolute Gasteiger partial charge is 0.250 e. The van der Waals surface area contributed by atoms with Gasteiger partial charge >= 0.3 is 0 Å². The second-order valence-electron chi connectivity index (χ2n) is 7.80. The zero-order chi connectivity index (χ0) is 20.9. The molecule has 7 heteroatoms. The van der Waals surface area contributed by atoms with Crippen molar-refractivity contribution in [1.29, 1.82) is 0 Å². The Morgan fingerprint density at radius 1 is 1.23 bits per heavy atom. The topological polar surface area (TPSA) is 51.4 Å². The molecule has 0 bridgehead atoms. The van der Waals surface area contributed by atoms with E-state index in [2.05, 4.69) is 46.6 Å². The Morgan fingerprint density at radius 3 is 2.63 bits per heavy atom. The van der Waals surface area contributed by atoms with Gasteiger partial charge in [-0.15, -0.1) is 11.3 Å². The normalized spacial score (nSPS) is 17.9. The van der Waals surface area contributed by atoms with E-state index in [0.29, 0.717) is 29.4 Å². The van der Waals surface area contributed by atoms with Gasteiger partial charge in [0.1, 0.15) is 5.75 Å². The Bertz CT molecular complexity index is 957. The number of alkyl halides is 1. The summed E-state index contributed by atoms with van der Waals surface area (Å²) in [5.74, 6) is 2.18. The third-order valence-electron chi connectivity index (χ3n) is 5.61. The van der Waals surface area contributed by atoms with Gasteiger partial charge in [-0.05, 0) is 81.4 Å². The maximum absolute atomic E-state index is 12.2. The Kier molecular flexibility index (Phi) is 6.59. The Labute approximate surface area is 180 Å². The molecular weight excluding hydrogens is 401 g/mol. The Hall–Kier alpha value is -2.51. The summed E-state index contributed by atoms with van der Waals surface area (Å²) in [5.41, 5.74) is 2.17. The minimum atomic E-state index is -0.844. The number of hydrogen-bond acceptors (Lipinski definition) is 6. The molecule has 1 aromatic carbocycles. The predicted octanol–water partition coefficient (Wildman–Crippen LogP) is 5.98. The lowest BCUT2D eigenvalue weighted by Crippen LogP contribution is -2.28. The van der Waals surface area contributed by atoms with Gasteiger partial charge in [0.2, 0.25) is 12.7 Å². The standard InChI is InChI=1S/C23H26FN3O2S/c1-27(2)22(20-4-3-13-30-20)17-7-5-16(6-8-17)14-21-25-23(26-29-21)18-9-11-19(12-10-18)28-15-24/h3-4,9-14,17,22H,5-8,15H2,1-2H3. The van der Waals surface area contributed by atoms with E-state index in [9.17, 15) is 4.39 Å². The summed E-state index contributed by atoms with van der Waals surface area (Å²) < 4.78 is 22.5. The summed E-state index contributed by atoms with van der Waals surface area (Å²) in [6.07, 6.45) is 6.44. The van der Waals surface area contributed by atoms with Crippen LogP contribution in [0.4, 0.5) is 4.39 Å². The van der Waals surface area contributed by atoms with E-state index < -0.39 is 6.86 Å². The van der Waals surface area contributed by atoms with Crippen LogP contribution in [0.3, 0.4) is 0 Å². The molecule has 3 aromatic rings. The predicted molar refractivity (Wildman–Crippen MR) is 117 cm³/mol. The largest absolute Gasteiger partial charge is 0.463 e. The van der Waals surface area contributed by atoms with E-state index in [4.69, 9.17) is 9.26 Å². The minimum absolute atomic E-state index is 0.474. The van der Waals surface area contributed by atoms with E-state index in [0.717, 1.165) is 31.2 Å². The van der Waals surface area contributed by atoms with Crippen molar-refractivity contribution in [3.8, 4) is 17.1 Å². The number of allylic oxidation sites excluding steroid dienone is 1. The molecule has 2 heterocycles. The van der Waals surface area contributed by atoms with Crippen LogP contribution in [0.1, 0.15) is 42.5 Å². The molecule has 1 aliphatic rings. The van der Waals surface area contributed by atoms with Gasteiger partial charge in [0.05, 0.1) is 0 Å². The SMILES string of the molecule is CN(C)C(c1cccs1)C1CCC(=Cc2nc(-c3ccc(OCF)cc3)no2)CC1. The van der Waals surface area contributed by atoms with Crippen LogP contribution >= 0.6 is 11.3 Å². The quantitative estimate of drug-likeness (QED) is 0.464. The zero-order valence-corrected chi connectivity index (χ0v) is 18.1. The summed E-state index contributed by atoms with van der Waals surface area (Å²) in [7, 11) is 4.35. The molecule has 158 valence electrons. The van der Waals surface area contributed by atoms with Gasteiger partial charge < -0.3 is 14.2 Å². The third kappa shape index (κ3) is 4.79. The second kappa shape index (κ2) is 9.53. The number of hydrogen-bond donors (Lipinski definition) is 0. The lowest BCUT2D eigenvalue weighted by molar-refractivity contribution is 0.187. The molecular formula is C23H26FN3O2S. The first-order valence-corrected chi connectivity index (χ1v) is 11.0. The molecule has 1 aliphatic carbocycles. The van der Waals surface area contributed by atoms with Crippen LogP contribution in [-0.2, 0) is 0 Å². The number of thiophene rings is 1. The van der Waals surface area contributed by atoms with Crippen LogP contribution in [0, 0.1) is 5.92 Å². The Morgan fingerprint density at radius 2 is 2.00 bits per heavy atom. The van der Waals surface area contributed by atoms with Gasteiger partial charge in [0.25, 0.3) is 5.89 Å². The number of ether oxygens (including phenoxy) is 1. The van der Waals surface area contributed by atoms with Crippen LogP contribution in [-0.4, -0.2) is 36.0 Å². The molecule has 0 radical (unpaired) electrons. The van der Waals surface area contributed by atoms with Crippen molar-refractivity contribution in [3.05, 3.63) is 58.1 Å². The van der Waals surface area contributed by atoms with Crippen molar-refractivity contribution in [3.63, 3.8) is 0 Å². The van der Waals surface area contributed by atoms with Crippen LogP contribution in [0.2, 0.25) is 0 Å². The molecule has 0 saturated heterocycles. The van der Waals surface area contributed by atoms with Crippen LogP contribution in [0.25, 0.3) is 17.5 Å². The highest BCUT2D eigenvalue weighted by molar-refractivity contribution is 7.10. The molecule has 1 unspecified atom stereocenters. The number of benzene rings is 1. The van der Waals surface area contributed by atoms with Crippen molar-refractivity contribution in [2.24, 2.45) is 5.92 Å². The molecule has 5 nitrogen and oxygen atoms in total. The van der Waals surface area contributed by atoms with Crippen molar-refractivity contribution in [2.45, 2.75) is 31.7 Å². The molecule has 1 fully saturated rings. The lowest BCUT2D eigenvalue weighted by atomic mass is 9.80. The summed E-state index contributed by atoms with van der Waals surface area (Å²) in [6, 6.07) is 11.8. The number of aromatic nitrogens is 2. The first-order valence-electron chi connectivity index (χ1n) is 10.2. The van der Waals surface area contributed by atoms with Gasteiger partial charge in [-0.25, -0.2) is 4.39 Å². The second-order valence-corrected chi connectivity index (χ2v) is 8.78. The highest BCUT2D eigenvalue weighted by atomic mass is 32.1. The average molecular weight is 428 g/mol. The first kappa shape index (κ1) is 20.8. The van der Waals surface area contributed by atoms with Crippen LogP contribution < -0.4 is 4.74 Å². The van der Waals surface area contributed by atoms with Crippen LogP contribution in [0.5, 0.6) is 5.75 Å². The summed E-state index contributed by atoms with van der Waals surface area (Å²) in [4.78, 5) is 8.29. The molecule has 0 amide bonds. The molecule has 0 aliphatic heterocycles. The number of rotatable bonds is 7. The maximum atomic E-state index is 12.2. The molecule has 30 heavy (non-hydrogen) atoms. The van der Waals surface area contributed by atoms with E-state index >= 15 is 0 Å². The number of halogens is 1. The monoisotopic (exact) mass is 427 g/mol. The average Bonchev–Trinajstić information content (AvgIpc) is 3.43. The van der Waals surface area contributed by atoms with Gasteiger partial charge in [0, 0.05) is 22.6 Å². The zero-order valence-electron chi connectivity index (χ0n) is 17.3. The molecule has 0 N–H and O–H groups in total. The van der Waals surface area contributed by atoms with Gasteiger partial charge in [-0.1, -0.05) is 16.8 Å². The summed E-state index contributed by atoms with van der Waals surface area (Å²) >= 11 is 1.84. The Balaban J connectivity index is 1.40. The summed E-state index contributed by atoms with van der Waals surface area (Å²) in [5, 5.41) is 6.24. The molecule has 2 aromatic heterocycles. The highest BCUT2D eigenvalue weighted by Crippen LogP contribution is 2.40. The summed E-state index contributed by atoms with van der Waals surface area (Å²) in [6.45, 7) is -0.844. The molecule has 0 spiro atoms. The maximum Gasteiger partial charge on any atom is 0.250 e. The van der Waals surface area contributed by atoms with E-state index in [1.54, 1.807) is 24.3 Å². The van der Waals surface area contributed by atoms with E-state index in [1.807, 2.05) is 17.4 Å². The van der Waals surface area contributed by atoms with Crippen molar-refractivity contribution >= 4 is 17.4 Å². The fourth-order valence-electron chi connectivity index (χ4n) is 4.19.